The summed E-state index contributed by atoms with van der Waals surface area (Å²) in [6.07, 6.45) is -0.339. The van der Waals surface area contributed by atoms with Crippen molar-refractivity contribution in [1.29, 1.82) is 0 Å². The van der Waals surface area contributed by atoms with Crippen molar-refractivity contribution in [2.24, 2.45) is 11.7 Å². The first kappa shape index (κ1) is 16.6. The van der Waals surface area contributed by atoms with Crippen molar-refractivity contribution in [3.63, 3.8) is 0 Å². The van der Waals surface area contributed by atoms with Gasteiger partial charge in [-0.15, -0.1) is 0 Å². The molecular weight excluding hydrogens is 295 g/mol. The lowest BCUT2D eigenvalue weighted by Gasteiger charge is -2.23. The summed E-state index contributed by atoms with van der Waals surface area (Å²) in [7, 11) is 0. The lowest BCUT2D eigenvalue weighted by atomic mass is 9.98. The number of hydrogen-bond acceptors (Lipinski definition) is 2. The molecule has 4 N–H and O–H groups in total. The molecule has 1 saturated carbocycles. The lowest BCUT2D eigenvalue weighted by Crippen LogP contribution is -2.46. The molecule has 2 amide bonds. The summed E-state index contributed by atoms with van der Waals surface area (Å²) in [6, 6.07) is 4.04. The number of alkyl halides is 3. The Morgan fingerprint density at radius 3 is 2.50 bits per heavy atom. The number of anilines is 1. The van der Waals surface area contributed by atoms with Gasteiger partial charge in [-0.25, -0.2) is 4.79 Å². The SMILES string of the molecule is NCC(NC(=O)Nc1ccccc1C(F)(F)F)C1CCCC1. The molecular formula is C15H20F3N3O. The number of urea groups is 1. The number of halogens is 3. The van der Waals surface area contributed by atoms with Crippen LogP contribution in [-0.4, -0.2) is 18.6 Å². The van der Waals surface area contributed by atoms with Crippen LogP contribution in [0.4, 0.5) is 23.7 Å². The molecule has 22 heavy (non-hydrogen) atoms. The first-order chi connectivity index (χ1) is 10.4. The average molecular weight is 315 g/mol. The van der Waals surface area contributed by atoms with Gasteiger partial charge in [-0.05, 0) is 30.9 Å². The minimum absolute atomic E-state index is 0.208. The van der Waals surface area contributed by atoms with Crippen LogP contribution in [-0.2, 0) is 6.18 Å². The second kappa shape index (κ2) is 7.00. The third-order valence-corrected chi connectivity index (χ3v) is 4.02. The molecule has 4 nitrogen and oxygen atoms in total. The van der Waals surface area contributed by atoms with Crippen molar-refractivity contribution in [2.75, 3.05) is 11.9 Å². The molecule has 1 aliphatic rings. The van der Waals surface area contributed by atoms with Gasteiger partial charge in [0.2, 0.25) is 0 Å². The predicted octanol–water partition coefficient (Wildman–Crippen LogP) is 3.34. The monoisotopic (exact) mass is 315 g/mol. The van der Waals surface area contributed by atoms with Crippen molar-refractivity contribution in [3.05, 3.63) is 29.8 Å². The molecule has 1 aromatic rings. The fourth-order valence-corrected chi connectivity index (χ4v) is 2.90. The van der Waals surface area contributed by atoms with Crippen LogP contribution in [0.15, 0.2) is 24.3 Å². The van der Waals surface area contributed by atoms with Gasteiger partial charge in [-0.2, -0.15) is 13.2 Å². The van der Waals surface area contributed by atoms with Crippen molar-refractivity contribution < 1.29 is 18.0 Å². The number of nitrogens with one attached hydrogen (secondary N) is 2. The zero-order valence-corrected chi connectivity index (χ0v) is 12.1. The maximum Gasteiger partial charge on any atom is 0.418 e. The van der Waals surface area contributed by atoms with Gasteiger partial charge in [0.15, 0.2) is 0 Å². The number of amides is 2. The number of carbonyl (C=O) groups excluding carboxylic acids is 1. The van der Waals surface area contributed by atoms with E-state index in [4.69, 9.17) is 5.73 Å². The number of rotatable bonds is 4. The molecule has 0 saturated heterocycles. The first-order valence-electron chi connectivity index (χ1n) is 7.35. The van der Waals surface area contributed by atoms with Gasteiger partial charge in [-0.3, -0.25) is 0 Å². The van der Waals surface area contributed by atoms with E-state index < -0.39 is 17.8 Å². The predicted molar refractivity (Wildman–Crippen MR) is 78.4 cm³/mol. The number of benzene rings is 1. The van der Waals surface area contributed by atoms with Crippen molar-refractivity contribution in [1.82, 2.24) is 5.32 Å². The summed E-state index contributed by atoms with van der Waals surface area (Å²) in [5.74, 6) is 0.300. The zero-order chi connectivity index (χ0) is 16.2. The summed E-state index contributed by atoms with van der Waals surface area (Å²) >= 11 is 0. The van der Waals surface area contributed by atoms with E-state index in [-0.39, 0.29) is 18.3 Å². The molecule has 1 atom stereocenters. The second-order valence-corrected chi connectivity index (χ2v) is 5.53. The van der Waals surface area contributed by atoms with E-state index in [0.29, 0.717) is 5.92 Å². The molecule has 2 rings (SSSR count). The van der Waals surface area contributed by atoms with Crippen LogP contribution >= 0.6 is 0 Å². The van der Waals surface area contributed by atoms with E-state index in [0.717, 1.165) is 31.7 Å². The van der Waals surface area contributed by atoms with E-state index >= 15 is 0 Å². The largest absolute Gasteiger partial charge is 0.418 e. The highest BCUT2D eigenvalue weighted by Crippen LogP contribution is 2.34. The first-order valence-corrected chi connectivity index (χ1v) is 7.35. The van der Waals surface area contributed by atoms with Crippen molar-refractivity contribution in [2.45, 2.75) is 37.9 Å². The van der Waals surface area contributed by atoms with Gasteiger partial charge >= 0.3 is 12.2 Å². The Bertz CT molecular complexity index is 513. The summed E-state index contributed by atoms with van der Waals surface area (Å²) in [5.41, 5.74) is 4.55. The van der Waals surface area contributed by atoms with Crippen LogP contribution in [0, 0.1) is 5.92 Å². The van der Waals surface area contributed by atoms with Crippen LogP contribution in [0.5, 0.6) is 0 Å². The van der Waals surface area contributed by atoms with Crippen molar-refractivity contribution in [3.8, 4) is 0 Å². The van der Waals surface area contributed by atoms with Gasteiger partial charge in [0, 0.05) is 12.6 Å². The normalized spacial score (nSPS) is 17.3. The summed E-state index contributed by atoms with van der Waals surface area (Å²) in [5, 5.41) is 4.97. The fourth-order valence-electron chi connectivity index (χ4n) is 2.90. The standard InChI is InChI=1S/C15H20F3N3O/c16-15(17,18)11-7-3-4-8-12(11)20-14(22)21-13(9-19)10-5-1-2-6-10/h3-4,7-8,10,13H,1-2,5-6,9,19H2,(H2,20,21,22). The van der Waals surface area contributed by atoms with Gasteiger partial charge in [-0.1, -0.05) is 25.0 Å². The van der Waals surface area contributed by atoms with Gasteiger partial charge in [0.05, 0.1) is 11.3 Å². The number of nitrogens with two attached hydrogens (primary N) is 1. The van der Waals surface area contributed by atoms with Crippen LogP contribution in [0.2, 0.25) is 0 Å². The Labute approximate surface area is 127 Å². The zero-order valence-electron chi connectivity index (χ0n) is 12.1. The lowest BCUT2D eigenvalue weighted by molar-refractivity contribution is -0.136. The number of carbonyl (C=O) groups is 1. The van der Waals surface area contributed by atoms with E-state index in [1.165, 1.54) is 18.2 Å². The third kappa shape index (κ3) is 4.13. The quantitative estimate of drug-likeness (QED) is 0.797. The summed E-state index contributed by atoms with van der Waals surface area (Å²) in [6.45, 7) is 0.277. The molecule has 1 aromatic carbocycles. The van der Waals surface area contributed by atoms with Gasteiger partial charge in [0.1, 0.15) is 0 Å². The molecule has 1 aliphatic carbocycles. The minimum atomic E-state index is -4.51. The van der Waals surface area contributed by atoms with Crippen LogP contribution < -0.4 is 16.4 Å². The maximum atomic E-state index is 12.9. The highest BCUT2D eigenvalue weighted by molar-refractivity contribution is 5.90. The molecule has 0 radical (unpaired) electrons. The Morgan fingerprint density at radius 1 is 1.27 bits per heavy atom. The Kier molecular flexibility index (Phi) is 5.28. The maximum absolute atomic E-state index is 12.9. The smallest absolute Gasteiger partial charge is 0.334 e. The molecule has 1 unspecified atom stereocenters. The van der Waals surface area contributed by atoms with Crippen LogP contribution in [0.1, 0.15) is 31.2 Å². The van der Waals surface area contributed by atoms with E-state index in [1.54, 1.807) is 0 Å². The number of hydrogen-bond donors (Lipinski definition) is 3. The molecule has 122 valence electrons. The highest BCUT2D eigenvalue weighted by atomic mass is 19.4. The minimum Gasteiger partial charge on any atom is -0.334 e. The molecule has 0 heterocycles. The third-order valence-electron chi connectivity index (χ3n) is 4.02. The van der Waals surface area contributed by atoms with E-state index in [1.807, 2.05) is 0 Å². The Morgan fingerprint density at radius 2 is 1.91 bits per heavy atom. The Balaban J connectivity index is 2.02. The molecule has 0 aromatic heterocycles. The average Bonchev–Trinajstić information content (AvgIpc) is 2.98. The molecule has 7 heteroatoms. The van der Waals surface area contributed by atoms with E-state index in [2.05, 4.69) is 10.6 Å². The number of para-hydroxylation sites is 1. The highest BCUT2D eigenvalue weighted by Gasteiger charge is 2.34. The van der Waals surface area contributed by atoms with E-state index in [9.17, 15) is 18.0 Å². The molecule has 0 spiro atoms. The Hall–Kier alpha value is -1.76. The summed E-state index contributed by atoms with van der Waals surface area (Å²) < 4.78 is 38.6. The summed E-state index contributed by atoms with van der Waals surface area (Å²) in [4.78, 5) is 12.0. The van der Waals surface area contributed by atoms with Crippen molar-refractivity contribution >= 4 is 11.7 Å². The molecule has 1 fully saturated rings. The molecule has 0 bridgehead atoms. The fraction of sp³-hybridized carbons (Fsp3) is 0.533. The van der Waals surface area contributed by atoms with Crippen LogP contribution in [0.25, 0.3) is 0 Å². The van der Waals surface area contributed by atoms with Crippen LogP contribution in [0.3, 0.4) is 0 Å². The second-order valence-electron chi connectivity index (χ2n) is 5.53. The molecule has 0 aliphatic heterocycles. The van der Waals surface area contributed by atoms with Gasteiger partial charge < -0.3 is 16.4 Å². The van der Waals surface area contributed by atoms with Gasteiger partial charge in [0.25, 0.3) is 0 Å². The topological polar surface area (TPSA) is 67.1 Å².